The van der Waals surface area contributed by atoms with E-state index in [4.69, 9.17) is 5.73 Å². The zero-order chi connectivity index (χ0) is 14.0. The van der Waals surface area contributed by atoms with Crippen LogP contribution in [0.5, 0.6) is 0 Å². The molecular weight excluding hydrogens is 228 g/mol. The summed E-state index contributed by atoms with van der Waals surface area (Å²) in [6, 6.07) is 0.117. The largest absolute Gasteiger partial charge is 0.327 e. The summed E-state index contributed by atoms with van der Waals surface area (Å²) in [6.45, 7) is 11.7. The number of amides is 1. The van der Waals surface area contributed by atoms with Crippen molar-refractivity contribution in [1.82, 2.24) is 9.78 Å². The Kier molecular flexibility index (Phi) is 4.51. The summed E-state index contributed by atoms with van der Waals surface area (Å²) in [5, 5.41) is 7.37. The predicted octanol–water partition coefficient (Wildman–Crippen LogP) is 2.00. The average Bonchev–Trinajstić information content (AvgIpc) is 2.55. The van der Waals surface area contributed by atoms with E-state index in [1.807, 2.05) is 32.4 Å². The molecule has 2 unspecified atom stereocenters. The molecule has 0 bridgehead atoms. The molecule has 0 saturated carbocycles. The Morgan fingerprint density at radius 1 is 1.28 bits per heavy atom. The SMILES string of the molecule is Cc1nn(C(C)C)c(C)c1NC(=O)C(C)C(C)N. The van der Waals surface area contributed by atoms with Gasteiger partial charge in [0.25, 0.3) is 0 Å². The molecule has 1 aromatic heterocycles. The first-order chi connectivity index (χ1) is 8.25. The fourth-order valence-electron chi connectivity index (χ4n) is 1.82. The number of rotatable bonds is 4. The second-order valence-corrected chi connectivity index (χ2v) is 5.22. The topological polar surface area (TPSA) is 72.9 Å². The second-order valence-electron chi connectivity index (χ2n) is 5.22. The highest BCUT2D eigenvalue weighted by Crippen LogP contribution is 2.23. The van der Waals surface area contributed by atoms with Crippen molar-refractivity contribution in [3.63, 3.8) is 0 Å². The van der Waals surface area contributed by atoms with E-state index >= 15 is 0 Å². The summed E-state index contributed by atoms with van der Waals surface area (Å²) in [5.74, 6) is -0.272. The second kappa shape index (κ2) is 5.52. The molecule has 0 aromatic carbocycles. The van der Waals surface area contributed by atoms with Gasteiger partial charge >= 0.3 is 0 Å². The highest BCUT2D eigenvalue weighted by molar-refractivity contribution is 5.93. The standard InChI is InChI=1S/C13H24N4O/c1-7(2)17-11(6)12(10(5)16-17)15-13(18)8(3)9(4)14/h7-9H,14H2,1-6H3,(H,15,18). The quantitative estimate of drug-likeness (QED) is 0.860. The number of nitrogens with one attached hydrogen (secondary N) is 1. The molecule has 5 heteroatoms. The highest BCUT2D eigenvalue weighted by Gasteiger charge is 2.21. The van der Waals surface area contributed by atoms with Gasteiger partial charge in [-0.2, -0.15) is 5.10 Å². The lowest BCUT2D eigenvalue weighted by atomic mass is 10.0. The molecule has 3 N–H and O–H groups in total. The van der Waals surface area contributed by atoms with Crippen molar-refractivity contribution in [3.8, 4) is 0 Å². The van der Waals surface area contributed by atoms with Crippen molar-refractivity contribution in [2.75, 3.05) is 5.32 Å². The number of hydrogen-bond donors (Lipinski definition) is 2. The molecule has 102 valence electrons. The zero-order valence-corrected chi connectivity index (χ0v) is 12.1. The van der Waals surface area contributed by atoms with Gasteiger partial charge in [-0.15, -0.1) is 0 Å². The molecule has 2 atom stereocenters. The summed E-state index contributed by atoms with van der Waals surface area (Å²) in [4.78, 5) is 12.0. The van der Waals surface area contributed by atoms with Crippen LogP contribution in [0, 0.1) is 19.8 Å². The van der Waals surface area contributed by atoms with Crippen LogP contribution in [0.3, 0.4) is 0 Å². The number of aromatic nitrogens is 2. The van der Waals surface area contributed by atoms with Crippen LogP contribution < -0.4 is 11.1 Å². The van der Waals surface area contributed by atoms with Gasteiger partial charge in [-0.05, 0) is 34.6 Å². The Hall–Kier alpha value is -1.36. The van der Waals surface area contributed by atoms with Crippen molar-refractivity contribution in [1.29, 1.82) is 0 Å². The maximum Gasteiger partial charge on any atom is 0.228 e. The van der Waals surface area contributed by atoms with Crippen LogP contribution in [0.1, 0.15) is 45.1 Å². The first kappa shape index (κ1) is 14.7. The molecule has 0 aliphatic carbocycles. The molecule has 1 amide bonds. The number of hydrogen-bond acceptors (Lipinski definition) is 3. The summed E-state index contributed by atoms with van der Waals surface area (Å²) in [6.07, 6.45) is 0. The molecule has 18 heavy (non-hydrogen) atoms. The van der Waals surface area contributed by atoms with E-state index in [1.165, 1.54) is 0 Å². The van der Waals surface area contributed by atoms with E-state index < -0.39 is 0 Å². The van der Waals surface area contributed by atoms with Gasteiger partial charge in [-0.25, -0.2) is 0 Å². The van der Waals surface area contributed by atoms with E-state index in [1.54, 1.807) is 0 Å². The van der Waals surface area contributed by atoms with Crippen LogP contribution in [-0.2, 0) is 4.79 Å². The molecule has 0 radical (unpaired) electrons. The van der Waals surface area contributed by atoms with Gasteiger partial charge in [-0.1, -0.05) is 6.92 Å². The third-order valence-corrected chi connectivity index (χ3v) is 3.26. The molecule has 5 nitrogen and oxygen atoms in total. The molecule has 1 rings (SSSR count). The Morgan fingerprint density at radius 3 is 2.22 bits per heavy atom. The minimum absolute atomic E-state index is 0.0560. The lowest BCUT2D eigenvalue weighted by Gasteiger charge is -2.15. The Morgan fingerprint density at radius 2 is 1.83 bits per heavy atom. The van der Waals surface area contributed by atoms with Gasteiger partial charge < -0.3 is 11.1 Å². The lowest BCUT2D eigenvalue weighted by Crippen LogP contribution is -2.34. The Bertz CT molecular complexity index is 434. The van der Waals surface area contributed by atoms with Gasteiger partial charge in [0.05, 0.1) is 23.0 Å². The molecule has 0 aliphatic heterocycles. The number of carbonyl (C=O) groups is 1. The zero-order valence-electron chi connectivity index (χ0n) is 12.1. The first-order valence-corrected chi connectivity index (χ1v) is 6.37. The van der Waals surface area contributed by atoms with Gasteiger partial charge in [0.15, 0.2) is 0 Å². The van der Waals surface area contributed by atoms with Crippen LogP contribution in [0.25, 0.3) is 0 Å². The number of carbonyl (C=O) groups excluding carboxylic acids is 1. The molecule has 0 aliphatic rings. The number of nitrogens with two attached hydrogens (primary N) is 1. The Balaban J connectivity index is 2.95. The fraction of sp³-hybridized carbons (Fsp3) is 0.692. The van der Waals surface area contributed by atoms with E-state index in [-0.39, 0.29) is 23.9 Å². The third kappa shape index (κ3) is 2.90. The van der Waals surface area contributed by atoms with E-state index in [9.17, 15) is 4.79 Å². The monoisotopic (exact) mass is 252 g/mol. The maximum absolute atomic E-state index is 12.0. The number of nitrogens with zero attached hydrogens (tertiary/aromatic N) is 2. The van der Waals surface area contributed by atoms with Gasteiger partial charge in [0.2, 0.25) is 5.91 Å². The molecule has 0 fully saturated rings. The lowest BCUT2D eigenvalue weighted by molar-refractivity contribution is -0.119. The van der Waals surface area contributed by atoms with Crippen molar-refractivity contribution in [2.24, 2.45) is 11.7 Å². The molecule has 0 spiro atoms. The number of anilines is 1. The summed E-state index contributed by atoms with van der Waals surface area (Å²) in [7, 11) is 0. The fourth-order valence-corrected chi connectivity index (χ4v) is 1.82. The molecule has 1 aromatic rings. The first-order valence-electron chi connectivity index (χ1n) is 6.37. The normalized spacial score (nSPS) is 14.7. The minimum Gasteiger partial charge on any atom is -0.327 e. The van der Waals surface area contributed by atoms with E-state index in [0.29, 0.717) is 0 Å². The van der Waals surface area contributed by atoms with Gasteiger partial charge in [0.1, 0.15) is 0 Å². The molecule has 0 saturated heterocycles. The average molecular weight is 252 g/mol. The van der Waals surface area contributed by atoms with Crippen molar-refractivity contribution in [3.05, 3.63) is 11.4 Å². The van der Waals surface area contributed by atoms with Crippen LogP contribution >= 0.6 is 0 Å². The van der Waals surface area contributed by atoms with E-state index in [2.05, 4.69) is 24.3 Å². The number of aryl methyl sites for hydroxylation is 1. The van der Waals surface area contributed by atoms with Crippen LogP contribution in [0.4, 0.5) is 5.69 Å². The van der Waals surface area contributed by atoms with Crippen molar-refractivity contribution < 1.29 is 4.79 Å². The molecule has 1 heterocycles. The highest BCUT2D eigenvalue weighted by atomic mass is 16.1. The van der Waals surface area contributed by atoms with Gasteiger partial charge in [-0.3, -0.25) is 9.48 Å². The Labute approximate surface area is 109 Å². The summed E-state index contributed by atoms with van der Waals surface area (Å²) < 4.78 is 1.92. The smallest absolute Gasteiger partial charge is 0.228 e. The third-order valence-electron chi connectivity index (χ3n) is 3.26. The van der Waals surface area contributed by atoms with Gasteiger partial charge in [0, 0.05) is 12.1 Å². The van der Waals surface area contributed by atoms with Crippen LogP contribution in [0.15, 0.2) is 0 Å². The van der Waals surface area contributed by atoms with Crippen molar-refractivity contribution in [2.45, 2.75) is 53.6 Å². The maximum atomic E-state index is 12.0. The van der Waals surface area contributed by atoms with E-state index in [0.717, 1.165) is 17.1 Å². The van der Waals surface area contributed by atoms with Crippen molar-refractivity contribution >= 4 is 11.6 Å². The summed E-state index contributed by atoms with van der Waals surface area (Å²) >= 11 is 0. The van der Waals surface area contributed by atoms with Crippen LogP contribution in [0.2, 0.25) is 0 Å². The minimum atomic E-state index is -0.216. The summed E-state index contributed by atoms with van der Waals surface area (Å²) in [5.41, 5.74) is 8.36. The predicted molar refractivity (Wildman–Crippen MR) is 73.5 cm³/mol. The van der Waals surface area contributed by atoms with Crippen LogP contribution in [-0.4, -0.2) is 21.7 Å². The molecular formula is C13H24N4O.